The van der Waals surface area contributed by atoms with Gasteiger partial charge in [0.05, 0.1) is 22.9 Å². The molecule has 5 aromatic rings. The Morgan fingerprint density at radius 1 is 1.03 bits per heavy atom. The molecular weight excluding hydrogens is 507 g/mol. The van der Waals surface area contributed by atoms with Crippen LogP contribution in [0.1, 0.15) is 23.0 Å². The second-order valence-electron chi connectivity index (χ2n) is 9.05. The van der Waals surface area contributed by atoms with Crippen molar-refractivity contribution in [2.45, 2.75) is 32.3 Å². The molecule has 194 valence electrons. The molecule has 3 aromatic heterocycles. The van der Waals surface area contributed by atoms with Crippen molar-refractivity contribution in [2.24, 2.45) is 0 Å². The third-order valence-corrected chi connectivity index (χ3v) is 7.38. The number of nitrogens with zero attached hydrogens (tertiary/aromatic N) is 4. The molecule has 1 N–H and O–H groups in total. The average molecular weight is 533 g/mol. The number of rotatable bonds is 6. The van der Waals surface area contributed by atoms with Gasteiger partial charge in [0.2, 0.25) is 0 Å². The van der Waals surface area contributed by atoms with Gasteiger partial charge in [-0.1, -0.05) is 6.07 Å². The van der Waals surface area contributed by atoms with E-state index in [2.05, 4.69) is 15.0 Å². The number of halogens is 1. The van der Waals surface area contributed by atoms with Crippen LogP contribution in [-0.2, 0) is 16.4 Å². The summed E-state index contributed by atoms with van der Waals surface area (Å²) >= 11 is 0. The quantitative estimate of drug-likeness (QED) is 0.319. The van der Waals surface area contributed by atoms with Crippen LogP contribution in [0.2, 0.25) is 0 Å². The fraction of sp³-hybridized carbons (Fsp3) is 0.179. The highest BCUT2D eigenvalue weighted by Crippen LogP contribution is 2.39. The molecule has 0 aliphatic carbocycles. The van der Waals surface area contributed by atoms with Crippen LogP contribution in [-0.4, -0.2) is 39.3 Å². The highest BCUT2D eigenvalue weighted by Gasteiger charge is 2.23. The lowest BCUT2D eigenvalue weighted by Gasteiger charge is -2.15. The summed E-state index contributed by atoms with van der Waals surface area (Å²) in [6.45, 7) is 4.81. The van der Waals surface area contributed by atoms with E-state index >= 15 is 0 Å². The van der Waals surface area contributed by atoms with E-state index in [1.54, 1.807) is 31.5 Å². The number of benzene rings is 2. The summed E-state index contributed by atoms with van der Waals surface area (Å²) in [5, 5.41) is 9.61. The van der Waals surface area contributed by atoms with Crippen LogP contribution < -0.4 is 0 Å². The molecule has 0 radical (unpaired) electrons. The van der Waals surface area contributed by atoms with E-state index in [-0.39, 0.29) is 10.5 Å². The molecule has 0 saturated carbocycles. The molecule has 2 aromatic carbocycles. The number of aliphatic hydroxyl groups is 1. The van der Waals surface area contributed by atoms with Gasteiger partial charge in [-0.2, -0.15) is 0 Å². The van der Waals surface area contributed by atoms with Crippen molar-refractivity contribution in [3.8, 4) is 39.4 Å². The number of oxazole rings is 1. The highest BCUT2D eigenvalue weighted by atomic mass is 32.2. The van der Waals surface area contributed by atoms with Crippen LogP contribution in [0, 0.1) is 26.6 Å². The first-order chi connectivity index (χ1) is 18.1. The van der Waals surface area contributed by atoms with Crippen LogP contribution >= 0.6 is 0 Å². The molecule has 0 unspecified atom stereocenters. The van der Waals surface area contributed by atoms with Gasteiger partial charge in [-0.15, -0.1) is 0 Å². The van der Waals surface area contributed by atoms with Crippen molar-refractivity contribution >= 4 is 9.84 Å². The molecule has 8 nitrogen and oxygen atoms in total. The summed E-state index contributed by atoms with van der Waals surface area (Å²) in [4.78, 5) is 13.2. The Kier molecular flexibility index (Phi) is 6.46. The molecule has 0 amide bonds. The molecule has 5 rings (SSSR count). The molecule has 0 aliphatic heterocycles. The lowest BCUT2D eigenvalue weighted by Crippen LogP contribution is -2.06. The molecule has 10 heteroatoms. The number of pyridine rings is 1. The maximum atomic E-state index is 15.0. The van der Waals surface area contributed by atoms with E-state index in [0.29, 0.717) is 34.0 Å². The molecule has 0 saturated heterocycles. The summed E-state index contributed by atoms with van der Waals surface area (Å²) in [5.74, 6) is 0.927. The lowest BCUT2D eigenvalue weighted by molar-refractivity contribution is 0.272. The summed E-state index contributed by atoms with van der Waals surface area (Å²) in [7, 11) is -3.80. The Morgan fingerprint density at radius 3 is 2.45 bits per heavy atom. The number of aryl methyl sites for hydroxylation is 3. The van der Waals surface area contributed by atoms with Crippen molar-refractivity contribution in [2.75, 3.05) is 6.26 Å². The predicted molar refractivity (Wildman–Crippen MR) is 141 cm³/mol. The van der Waals surface area contributed by atoms with Crippen LogP contribution in [0.5, 0.6) is 0 Å². The van der Waals surface area contributed by atoms with Gasteiger partial charge in [-0.25, -0.2) is 22.8 Å². The van der Waals surface area contributed by atoms with E-state index < -0.39 is 22.3 Å². The van der Waals surface area contributed by atoms with Gasteiger partial charge >= 0.3 is 0 Å². The van der Waals surface area contributed by atoms with E-state index in [1.807, 2.05) is 42.8 Å². The van der Waals surface area contributed by atoms with Gasteiger partial charge in [-0.05, 0) is 61.4 Å². The maximum absolute atomic E-state index is 15.0. The van der Waals surface area contributed by atoms with E-state index in [1.165, 1.54) is 12.1 Å². The number of hydrogen-bond donors (Lipinski definition) is 1. The van der Waals surface area contributed by atoms with Crippen molar-refractivity contribution in [1.29, 1.82) is 0 Å². The van der Waals surface area contributed by atoms with Gasteiger partial charge in [0.25, 0.3) is 0 Å². The summed E-state index contributed by atoms with van der Waals surface area (Å²) < 4.78 is 47.7. The van der Waals surface area contributed by atoms with Crippen molar-refractivity contribution < 1.29 is 22.3 Å². The Hall–Kier alpha value is -4.15. The smallest absolute Gasteiger partial charge is 0.192 e. The maximum Gasteiger partial charge on any atom is 0.192 e. The third-order valence-electron chi connectivity index (χ3n) is 6.22. The van der Waals surface area contributed by atoms with E-state index in [9.17, 15) is 17.9 Å². The zero-order valence-corrected chi connectivity index (χ0v) is 22.0. The Labute approximate surface area is 219 Å². The molecule has 0 atom stereocenters. The minimum Gasteiger partial charge on any atom is -0.440 e. The Morgan fingerprint density at radius 2 is 1.82 bits per heavy atom. The molecule has 0 spiro atoms. The van der Waals surface area contributed by atoms with Crippen LogP contribution in [0.25, 0.3) is 39.4 Å². The standard InChI is InChI=1S/C28H25FN4O4S/c1-16-14-33(17(2)31-16)25-8-7-19(21-11-24(29)23(15-34)26(12-21)38(4,35)36)10-22(25)27-28(37-18(3)32-27)20-6-5-9-30-13-20/h5-14,34H,15H2,1-4H3. The average Bonchev–Trinajstić information content (AvgIpc) is 3.44. The summed E-state index contributed by atoms with van der Waals surface area (Å²) in [5.41, 5.74) is 4.19. The van der Waals surface area contributed by atoms with E-state index in [0.717, 1.165) is 29.0 Å². The number of aromatic nitrogens is 4. The fourth-order valence-electron chi connectivity index (χ4n) is 4.54. The fourth-order valence-corrected chi connectivity index (χ4v) is 5.49. The van der Waals surface area contributed by atoms with Crippen molar-refractivity contribution in [1.82, 2.24) is 19.5 Å². The van der Waals surface area contributed by atoms with Crippen molar-refractivity contribution in [3.05, 3.63) is 89.8 Å². The van der Waals surface area contributed by atoms with Gasteiger partial charge in [0.1, 0.15) is 17.3 Å². The first-order valence-electron chi connectivity index (χ1n) is 11.8. The Bertz CT molecular complexity index is 1780. The number of sulfone groups is 1. The highest BCUT2D eigenvalue weighted by molar-refractivity contribution is 7.90. The third kappa shape index (κ3) is 4.64. The van der Waals surface area contributed by atoms with Crippen LogP contribution in [0.15, 0.2) is 70.4 Å². The largest absolute Gasteiger partial charge is 0.440 e. The molecule has 3 heterocycles. The van der Waals surface area contributed by atoms with Gasteiger partial charge < -0.3 is 14.1 Å². The van der Waals surface area contributed by atoms with Crippen LogP contribution in [0.4, 0.5) is 4.39 Å². The zero-order valence-electron chi connectivity index (χ0n) is 21.2. The number of hydrogen-bond acceptors (Lipinski definition) is 7. The normalized spacial score (nSPS) is 11.7. The zero-order chi connectivity index (χ0) is 27.2. The number of imidazole rings is 1. The molecule has 38 heavy (non-hydrogen) atoms. The van der Waals surface area contributed by atoms with Crippen molar-refractivity contribution in [3.63, 3.8) is 0 Å². The molecule has 0 fully saturated rings. The second-order valence-corrected chi connectivity index (χ2v) is 11.0. The molecular formula is C28H25FN4O4S. The monoisotopic (exact) mass is 532 g/mol. The van der Waals surface area contributed by atoms with Gasteiger partial charge in [0, 0.05) is 48.5 Å². The molecule has 0 bridgehead atoms. The lowest BCUT2D eigenvalue weighted by atomic mass is 9.97. The molecule has 0 aliphatic rings. The predicted octanol–water partition coefficient (Wildman–Crippen LogP) is 5.22. The second kappa shape index (κ2) is 9.62. The topological polar surface area (TPSA) is 111 Å². The minimum absolute atomic E-state index is 0.255. The van der Waals surface area contributed by atoms with Gasteiger partial charge in [-0.3, -0.25) is 4.98 Å². The summed E-state index contributed by atoms with van der Waals surface area (Å²) in [6, 6.07) is 11.7. The first kappa shape index (κ1) is 25.5. The van der Waals surface area contributed by atoms with E-state index in [4.69, 9.17) is 4.42 Å². The SMILES string of the molecule is Cc1cn(-c2ccc(-c3cc(F)c(CO)c(S(C)(=O)=O)c3)cc2-c2nc(C)oc2-c2cccnc2)c(C)n1. The number of aliphatic hydroxyl groups excluding tert-OH is 1. The van der Waals surface area contributed by atoms with Gasteiger partial charge in [0.15, 0.2) is 21.5 Å². The Balaban J connectivity index is 1.80. The van der Waals surface area contributed by atoms with Crippen LogP contribution in [0.3, 0.4) is 0 Å². The first-order valence-corrected chi connectivity index (χ1v) is 13.6. The minimum atomic E-state index is -3.80. The summed E-state index contributed by atoms with van der Waals surface area (Å²) in [6.07, 6.45) is 6.24.